The van der Waals surface area contributed by atoms with E-state index in [1.165, 1.54) is 4.31 Å². The number of nitrogens with zero attached hydrogens (tertiary/aromatic N) is 6. The number of piperazine rings is 1. The van der Waals surface area contributed by atoms with E-state index in [0.717, 1.165) is 21.7 Å². The van der Waals surface area contributed by atoms with E-state index in [2.05, 4.69) is 31.2 Å². The summed E-state index contributed by atoms with van der Waals surface area (Å²) >= 11 is 3.33. The Balaban J connectivity index is 1.45. The molecule has 0 radical (unpaired) electrons. The van der Waals surface area contributed by atoms with Gasteiger partial charge in [0.25, 0.3) is 0 Å². The zero-order valence-electron chi connectivity index (χ0n) is 16.2. The summed E-state index contributed by atoms with van der Waals surface area (Å²) in [5, 5.41) is 13.0. The molecule has 0 aliphatic carbocycles. The first-order valence-electron chi connectivity index (χ1n) is 9.22. The number of benzene rings is 1. The van der Waals surface area contributed by atoms with Crippen LogP contribution in [0.3, 0.4) is 0 Å². The third kappa shape index (κ3) is 4.05. The van der Waals surface area contributed by atoms with Gasteiger partial charge < -0.3 is 4.90 Å². The van der Waals surface area contributed by atoms with Crippen molar-refractivity contribution < 1.29 is 8.42 Å². The lowest BCUT2D eigenvalue weighted by Crippen LogP contribution is -2.49. The number of aromatic nitrogens is 4. The van der Waals surface area contributed by atoms with E-state index in [0.29, 0.717) is 36.9 Å². The second-order valence-corrected chi connectivity index (χ2v) is 9.79. The van der Waals surface area contributed by atoms with Crippen LogP contribution in [0, 0.1) is 13.8 Å². The second kappa shape index (κ2) is 7.85. The minimum Gasteiger partial charge on any atom is -0.352 e. The summed E-state index contributed by atoms with van der Waals surface area (Å²) in [6.07, 6.45) is 0. The van der Waals surface area contributed by atoms with E-state index in [9.17, 15) is 8.42 Å². The third-order valence-electron chi connectivity index (χ3n) is 4.86. The molecule has 0 atom stereocenters. The monoisotopic (exact) mass is 476 g/mol. The van der Waals surface area contributed by atoms with Crippen molar-refractivity contribution in [1.82, 2.24) is 24.3 Å². The van der Waals surface area contributed by atoms with E-state index in [4.69, 9.17) is 0 Å². The van der Waals surface area contributed by atoms with Gasteiger partial charge in [-0.15, -0.1) is 10.2 Å². The van der Waals surface area contributed by atoms with Crippen LogP contribution in [0.25, 0.3) is 5.82 Å². The van der Waals surface area contributed by atoms with Gasteiger partial charge in [0.2, 0.25) is 10.0 Å². The highest BCUT2D eigenvalue weighted by molar-refractivity contribution is 9.10. The van der Waals surface area contributed by atoms with Crippen molar-refractivity contribution >= 4 is 31.8 Å². The van der Waals surface area contributed by atoms with Crippen LogP contribution < -0.4 is 4.90 Å². The average Bonchev–Trinajstić information content (AvgIpc) is 3.06. The molecule has 1 aromatic carbocycles. The molecule has 152 valence electrons. The van der Waals surface area contributed by atoms with E-state index in [1.807, 2.05) is 43.0 Å². The number of halogens is 1. The van der Waals surface area contributed by atoms with Crippen LogP contribution in [0.4, 0.5) is 5.82 Å². The van der Waals surface area contributed by atoms with Crippen molar-refractivity contribution in [2.24, 2.45) is 0 Å². The SMILES string of the molecule is Cc1cc(C)n(-c2ccc(N3CCN(S(=O)(=O)c4cccc(Br)c4)CC3)nn2)n1. The summed E-state index contributed by atoms with van der Waals surface area (Å²) in [6, 6.07) is 12.6. The van der Waals surface area contributed by atoms with Gasteiger partial charge in [-0.05, 0) is 50.2 Å². The Hall–Kier alpha value is -2.30. The number of sulfonamides is 1. The Morgan fingerprint density at radius 2 is 1.62 bits per heavy atom. The number of hydrogen-bond donors (Lipinski definition) is 0. The molecule has 2 aromatic heterocycles. The largest absolute Gasteiger partial charge is 0.352 e. The Labute approximate surface area is 178 Å². The van der Waals surface area contributed by atoms with Crippen LogP contribution in [0.2, 0.25) is 0 Å². The molecule has 1 aliphatic heterocycles. The molecule has 1 saturated heterocycles. The predicted molar refractivity (Wildman–Crippen MR) is 114 cm³/mol. The molecule has 3 aromatic rings. The minimum absolute atomic E-state index is 0.300. The summed E-state index contributed by atoms with van der Waals surface area (Å²) in [5.41, 5.74) is 1.92. The average molecular weight is 477 g/mol. The molecule has 1 aliphatic rings. The van der Waals surface area contributed by atoms with Gasteiger partial charge in [-0.2, -0.15) is 9.40 Å². The number of anilines is 1. The van der Waals surface area contributed by atoms with E-state index >= 15 is 0 Å². The van der Waals surface area contributed by atoms with E-state index in [-0.39, 0.29) is 0 Å². The predicted octanol–water partition coefficient (Wildman–Crippen LogP) is 2.55. The normalized spacial score (nSPS) is 15.6. The molecule has 0 saturated carbocycles. The van der Waals surface area contributed by atoms with Crippen LogP contribution in [0.1, 0.15) is 11.4 Å². The molecule has 0 bridgehead atoms. The first kappa shape index (κ1) is 20.0. The third-order valence-corrected chi connectivity index (χ3v) is 7.25. The minimum atomic E-state index is -3.51. The fourth-order valence-corrected chi connectivity index (χ4v) is 5.41. The summed E-state index contributed by atoms with van der Waals surface area (Å²) in [7, 11) is -3.51. The molecule has 1 fully saturated rings. The summed E-state index contributed by atoms with van der Waals surface area (Å²) in [6.45, 7) is 5.82. The van der Waals surface area contributed by atoms with E-state index < -0.39 is 10.0 Å². The van der Waals surface area contributed by atoms with Crippen LogP contribution in [0.5, 0.6) is 0 Å². The highest BCUT2D eigenvalue weighted by Gasteiger charge is 2.29. The molecule has 0 N–H and O–H groups in total. The molecular formula is C19H21BrN6O2S. The standard InChI is InChI=1S/C19H21BrN6O2S/c1-14-12-15(2)26(23-14)19-7-6-18(21-22-19)24-8-10-25(11-9-24)29(27,28)17-5-3-4-16(20)13-17/h3-7,12-13H,8-11H2,1-2H3. The lowest BCUT2D eigenvalue weighted by molar-refractivity contribution is 0.383. The smallest absolute Gasteiger partial charge is 0.243 e. The molecule has 8 nitrogen and oxygen atoms in total. The van der Waals surface area contributed by atoms with Crippen LogP contribution in [-0.2, 0) is 10.0 Å². The van der Waals surface area contributed by atoms with Crippen LogP contribution >= 0.6 is 15.9 Å². The maximum absolute atomic E-state index is 12.9. The Morgan fingerprint density at radius 1 is 0.931 bits per heavy atom. The van der Waals surface area contributed by atoms with Gasteiger partial charge in [-0.3, -0.25) is 0 Å². The van der Waals surface area contributed by atoms with Crippen LogP contribution in [0.15, 0.2) is 51.8 Å². The molecule has 29 heavy (non-hydrogen) atoms. The molecular weight excluding hydrogens is 456 g/mol. The van der Waals surface area contributed by atoms with Gasteiger partial charge in [-0.25, -0.2) is 13.1 Å². The Bertz CT molecular complexity index is 1120. The highest BCUT2D eigenvalue weighted by Crippen LogP contribution is 2.22. The van der Waals surface area contributed by atoms with Gasteiger partial charge in [0.1, 0.15) is 0 Å². The van der Waals surface area contributed by atoms with Gasteiger partial charge in [0.15, 0.2) is 11.6 Å². The number of aryl methyl sites for hydroxylation is 2. The molecule has 0 unspecified atom stereocenters. The quantitative estimate of drug-likeness (QED) is 0.575. The first-order chi connectivity index (χ1) is 13.8. The van der Waals surface area contributed by atoms with Crippen molar-refractivity contribution in [3.63, 3.8) is 0 Å². The lowest BCUT2D eigenvalue weighted by Gasteiger charge is -2.34. The summed E-state index contributed by atoms with van der Waals surface area (Å²) in [5.74, 6) is 1.39. The fourth-order valence-electron chi connectivity index (χ4n) is 3.39. The zero-order chi connectivity index (χ0) is 20.6. The number of rotatable bonds is 4. The van der Waals surface area contributed by atoms with Crippen molar-refractivity contribution in [3.05, 3.63) is 58.3 Å². The van der Waals surface area contributed by atoms with Crippen molar-refractivity contribution in [3.8, 4) is 5.82 Å². The first-order valence-corrected chi connectivity index (χ1v) is 11.5. The van der Waals surface area contributed by atoms with E-state index in [1.54, 1.807) is 22.9 Å². The lowest BCUT2D eigenvalue weighted by atomic mass is 10.3. The van der Waals surface area contributed by atoms with Crippen LogP contribution in [-0.4, -0.2) is 58.9 Å². The molecule has 0 spiro atoms. The molecule has 3 heterocycles. The second-order valence-electron chi connectivity index (χ2n) is 6.94. The Kier molecular flexibility index (Phi) is 5.41. The molecule has 10 heteroatoms. The van der Waals surface area contributed by atoms with Gasteiger partial charge >= 0.3 is 0 Å². The maximum atomic E-state index is 12.9. The van der Waals surface area contributed by atoms with Gasteiger partial charge in [0, 0.05) is 36.3 Å². The van der Waals surface area contributed by atoms with Crippen molar-refractivity contribution in [2.45, 2.75) is 18.7 Å². The summed E-state index contributed by atoms with van der Waals surface area (Å²) in [4.78, 5) is 2.35. The highest BCUT2D eigenvalue weighted by atomic mass is 79.9. The Morgan fingerprint density at radius 3 is 2.21 bits per heavy atom. The number of hydrogen-bond acceptors (Lipinski definition) is 6. The molecule has 0 amide bonds. The van der Waals surface area contributed by atoms with Gasteiger partial charge in [-0.1, -0.05) is 22.0 Å². The van der Waals surface area contributed by atoms with Crippen molar-refractivity contribution in [2.75, 3.05) is 31.1 Å². The molecule has 4 rings (SSSR count). The maximum Gasteiger partial charge on any atom is 0.243 e. The van der Waals surface area contributed by atoms with Crippen molar-refractivity contribution in [1.29, 1.82) is 0 Å². The topological polar surface area (TPSA) is 84.2 Å². The zero-order valence-corrected chi connectivity index (χ0v) is 18.6. The van der Waals surface area contributed by atoms with Gasteiger partial charge in [0.05, 0.1) is 10.6 Å². The fraction of sp³-hybridized carbons (Fsp3) is 0.316. The summed E-state index contributed by atoms with van der Waals surface area (Å²) < 4.78 is 29.8.